The lowest BCUT2D eigenvalue weighted by molar-refractivity contribution is -0.116. The molecule has 0 N–H and O–H groups in total. The summed E-state index contributed by atoms with van der Waals surface area (Å²) in [6, 6.07) is 4.12. The number of thiophene rings is 1. The van der Waals surface area contributed by atoms with Gasteiger partial charge in [-0.2, -0.15) is 0 Å². The van der Waals surface area contributed by atoms with Gasteiger partial charge in [0.1, 0.15) is 0 Å². The van der Waals surface area contributed by atoms with Gasteiger partial charge in [-0.3, -0.25) is 4.79 Å². The molecule has 0 saturated carbocycles. The number of carbonyl (C=O) groups is 1. The second-order valence-corrected chi connectivity index (χ2v) is 3.45. The first-order valence-electron chi connectivity index (χ1n) is 3.51. The molecule has 0 bridgehead atoms. The Bertz CT molecular complexity index is 208. The first-order chi connectivity index (χ1) is 5.33. The van der Waals surface area contributed by atoms with Crippen molar-refractivity contribution >= 4 is 17.7 Å². The highest BCUT2D eigenvalue weighted by molar-refractivity contribution is 7.09. The molecule has 60 valence electrons. The molecular weight excluding hydrogens is 158 g/mol. The summed E-state index contributed by atoms with van der Waals surface area (Å²) in [7, 11) is 1.79. The number of nitrogens with zero attached hydrogens (tertiary/aromatic N) is 1. The van der Waals surface area contributed by atoms with Crippen molar-refractivity contribution in [3.63, 3.8) is 0 Å². The first-order valence-corrected chi connectivity index (χ1v) is 4.39. The van der Waals surface area contributed by atoms with E-state index in [1.165, 1.54) is 4.88 Å². The molecule has 11 heavy (non-hydrogen) atoms. The van der Waals surface area contributed by atoms with Crippen LogP contribution in [0.25, 0.3) is 0 Å². The van der Waals surface area contributed by atoms with Crippen LogP contribution in [0, 0.1) is 0 Å². The lowest BCUT2D eigenvalue weighted by atomic mass is 10.3. The van der Waals surface area contributed by atoms with Gasteiger partial charge in [0, 0.05) is 18.5 Å². The third kappa shape index (κ3) is 2.72. The Hall–Kier alpha value is -0.830. The summed E-state index contributed by atoms with van der Waals surface area (Å²) in [5.41, 5.74) is 0. The molecule has 1 aromatic heterocycles. The molecule has 3 heteroatoms. The van der Waals surface area contributed by atoms with Crippen molar-refractivity contribution in [1.82, 2.24) is 4.90 Å². The van der Waals surface area contributed by atoms with Crippen molar-refractivity contribution in [2.45, 2.75) is 6.42 Å². The molecule has 0 aromatic carbocycles. The molecule has 0 radical (unpaired) electrons. The molecule has 0 atom stereocenters. The maximum atomic E-state index is 10.2. The largest absolute Gasteiger partial charge is 0.348 e. The molecule has 1 amide bonds. The van der Waals surface area contributed by atoms with E-state index in [-0.39, 0.29) is 0 Å². The molecule has 0 fully saturated rings. The number of likely N-dealkylation sites (N-methyl/N-ethyl adjacent to an activating group) is 1. The summed E-state index contributed by atoms with van der Waals surface area (Å²) in [5, 5.41) is 2.05. The standard InChI is InChI=1S/C8H11NOS/c1-9(7-10)5-4-8-3-2-6-11-8/h2-3,6-7H,4-5H2,1H3. The van der Waals surface area contributed by atoms with Gasteiger partial charge >= 0.3 is 0 Å². The highest BCUT2D eigenvalue weighted by Crippen LogP contribution is 2.08. The quantitative estimate of drug-likeness (QED) is 0.623. The van der Waals surface area contributed by atoms with E-state index in [4.69, 9.17) is 0 Å². The van der Waals surface area contributed by atoms with Crippen LogP contribution in [0.2, 0.25) is 0 Å². The fraction of sp³-hybridized carbons (Fsp3) is 0.375. The SMILES string of the molecule is CN(C=O)CCc1cccs1. The summed E-state index contributed by atoms with van der Waals surface area (Å²) in [6.45, 7) is 0.810. The minimum Gasteiger partial charge on any atom is -0.348 e. The third-order valence-corrected chi connectivity index (χ3v) is 2.41. The normalized spacial score (nSPS) is 9.55. The van der Waals surface area contributed by atoms with Crippen LogP contribution >= 0.6 is 11.3 Å². The zero-order valence-corrected chi connectivity index (χ0v) is 7.30. The predicted octanol–water partition coefficient (Wildman–Crippen LogP) is 1.38. The van der Waals surface area contributed by atoms with E-state index in [1.54, 1.807) is 23.3 Å². The first kappa shape index (κ1) is 8.27. The zero-order valence-electron chi connectivity index (χ0n) is 6.49. The topological polar surface area (TPSA) is 20.3 Å². The maximum Gasteiger partial charge on any atom is 0.209 e. The van der Waals surface area contributed by atoms with Gasteiger partial charge in [-0.05, 0) is 17.9 Å². The van der Waals surface area contributed by atoms with E-state index in [1.807, 2.05) is 6.07 Å². The molecule has 1 aromatic rings. The van der Waals surface area contributed by atoms with Crippen LogP contribution in [0.3, 0.4) is 0 Å². The molecular formula is C8H11NOS. The average Bonchev–Trinajstić information content (AvgIpc) is 2.52. The predicted molar refractivity (Wildman–Crippen MR) is 46.7 cm³/mol. The van der Waals surface area contributed by atoms with Crippen molar-refractivity contribution in [3.8, 4) is 0 Å². The molecule has 1 rings (SSSR count). The fourth-order valence-corrected chi connectivity index (χ4v) is 1.49. The van der Waals surface area contributed by atoms with Gasteiger partial charge in [-0.25, -0.2) is 0 Å². The number of rotatable bonds is 4. The summed E-state index contributed by atoms with van der Waals surface area (Å²) < 4.78 is 0. The number of amides is 1. The van der Waals surface area contributed by atoms with Crippen LogP contribution in [0.15, 0.2) is 17.5 Å². The van der Waals surface area contributed by atoms with Gasteiger partial charge < -0.3 is 4.90 Å². The number of hydrogen-bond donors (Lipinski definition) is 0. The van der Waals surface area contributed by atoms with Crippen molar-refractivity contribution in [3.05, 3.63) is 22.4 Å². The highest BCUT2D eigenvalue weighted by Gasteiger charge is 1.95. The van der Waals surface area contributed by atoms with E-state index in [0.717, 1.165) is 19.4 Å². The Kier molecular flexibility index (Phi) is 3.11. The van der Waals surface area contributed by atoms with E-state index < -0.39 is 0 Å². The van der Waals surface area contributed by atoms with Crippen LogP contribution in [0.4, 0.5) is 0 Å². The summed E-state index contributed by atoms with van der Waals surface area (Å²) in [6.07, 6.45) is 1.82. The maximum absolute atomic E-state index is 10.2. The van der Waals surface area contributed by atoms with Crippen molar-refractivity contribution in [2.24, 2.45) is 0 Å². The fourth-order valence-electron chi connectivity index (χ4n) is 0.794. The van der Waals surface area contributed by atoms with E-state index in [0.29, 0.717) is 0 Å². The molecule has 0 aliphatic heterocycles. The van der Waals surface area contributed by atoms with Crippen molar-refractivity contribution in [1.29, 1.82) is 0 Å². The molecule has 0 unspecified atom stereocenters. The third-order valence-electron chi connectivity index (χ3n) is 1.47. The van der Waals surface area contributed by atoms with Crippen molar-refractivity contribution < 1.29 is 4.79 Å². The van der Waals surface area contributed by atoms with Crippen LogP contribution in [0.5, 0.6) is 0 Å². The van der Waals surface area contributed by atoms with Gasteiger partial charge in [0.25, 0.3) is 0 Å². The van der Waals surface area contributed by atoms with E-state index in [2.05, 4.69) is 11.4 Å². The van der Waals surface area contributed by atoms with Crippen LogP contribution in [-0.2, 0) is 11.2 Å². The number of carbonyl (C=O) groups excluding carboxylic acids is 1. The molecule has 1 heterocycles. The Morgan fingerprint density at radius 3 is 3.09 bits per heavy atom. The van der Waals surface area contributed by atoms with Crippen LogP contribution < -0.4 is 0 Å². The molecule has 0 aliphatic rings. The Morgan fingerprint density at radius 1 is 1.73 bits per heavy atom. The van der Waals surface area contributed by atoms with Gasteiger partial charge in [-0.1, -0.05) is 6.07 Å². The molecule has 0 aliphatic carbocycles. The summed E-state index contributed by atoms with van der Waals surface area (Å²) in [4.78, 5) is 13.2. The van der Waals surface area contributed by atoms with Gasteiger partial charge in [-0.15, -0.1) is 11.3 Å². The second-order valence-electron chi connectivity index (χ2n) is 2.42. The van der Waals surface area contributed by atoms with Gasteiger partial charge in [0.2, 0.25) is 6.41 Å². The Balaban J connectivity index is 2.28. The minimum atomic E-state index is 0.810. The zero-order chi connectivity index (χ0) is 8.10. The van der Waals surface area contributed by atoms with Crippen LogP contribution in [0.1, 0.15) is 4.88 Å². The van der Waals surface area contributed by atoms with Gasteiger partial charge in [0.15, 0.2) is 0 Å². The molecule has 0 saturated heterocycles. The number of hydrogen-bond acceptors (Lipinski definition) is 2. The second kappa shape index (κ2) is 4.13. The van der Waals surface area contributed by atoms with E-state index >= 15 is 0 Å². The average molecular weight is 169 g/mol. The molecule has 0 spiro atoms. The Morgan fingerprint density at radius 2 is 2.55 bits per heavy atom. The smallest absolute Gasteiger partial charge is 0.209 e. The van der Waals surface area contributed by atoms with Crippen LogP contribution in [-0.4, -0.2) is 24.9 Å². The monoisotopic (exact) mass is 169 g/mol. The highest BCUT2D eigenvalue weighted by atomic mass is 32.1. The lowest BCUT2D eigenvalue weighted by Gasteiger charge is -2.07. The minimum absolute atomic E-state index is 0.810. The Labute approximate surface area is 70.5 Å². The molecule has 2 nitrogen and oxygen atoms in total. The van der Waals surface area contributed by atoms with Gasteiger partial charge in [0.05, 0.1) is 0 Å². The summed E-state index contributed by atoms with van der Waals surface area (Å²) in [5.74, 6) is 0. The van der Waals surface area contributed by atoms with Crippen molar-refractivity contribution in [2.75, 3.05) is 13.6 Å². The lowest BCUT2D eigenvalue weighted by Crippen LogP contribution is -2.18. The summed E-state index contributed by atoms with van der Waals surface area (Å²) >= 11 is 1.73. The van der Waals surface area contributed by atoms with E-state index in [9.17, 15) is 4.79 Å².